The van der Waals surface area contributed by atoms with Crippen LogP contribution in [0.3, 0.4) is 0 Å². The fraction of sp³-hybridized carbons (Fsp3) is 0.429. The summed E-state index contributed by atoms with van der Waals surface area (Å²) in [6, 6.07) is 0. The van der Waals surface area contributed by atoms with E-state index >= 15 is 0 Å². The van der Waals surface area contributed by atoms with Gasteiger partial charge < -0.3 is 10.2 Å². The third kappa shape index (κ3) is 1.33. The Morgan fingerprint density at radius 3 is 2.56 bits per heavy atom. The summed E-state index contributed by atoms with van der Waals surface area (Å²) >= 11 is 0. The Bertz CT molecular complexity index is 166. The van der Waals surface area contributed by atoms with Gasteiger partial charge in [-0.3, -0.25) is 0 Å². The van der Waals surface area contributed by atoms with Crippen LogP contribution in [0.25, 0.3) is 0 Å². The van der Waals surface area contributed by atoms with Gasteiger partial charge in [-0.25, -0.2) is 0 Å². The molecule has 1 unspecified atom stereocenters. The summed E-state index contributed by atoms with van der Waals surface area (Å²) in [4.78, 5) is 0. The predicted octanol–water partition coefficient (Wildman–Crippen LogP) is 1.14. The third-order valence-corrected chi connectivity index (χ3v) is 1.36. The Labute approximate surface area is 54.1 Å². The molecule has 2 nitrogen and oxygen atoms in total. The Morgan fingerprint density at radius 1 is 1.67 bits per heavy atom. The predicted molar refractivity (Wildman–Crippen MR) is 35.1 cm³/mol. The standard InChI is InChI=1S/C7H10O2/c1-5(8)6-2-3-7(9)4-6/h2,4-5,8-9H,3H2,1H3. The largest absolute Gasteiger partial charge is 0.512 e. The smallest absolute Gasteiger partial charge is 0.0964 e. The number of aliphatic hydroxyl groups is 2. The van der Waals surface area contributed by atoms with Gasteiger partial charge in [0, 0.05) is 6.42 Å². The normalized spacial score (nSPS) is 21.1. The van der Waals surface area contributed by atoms with E-state index in [1.54, 1.807) is 13.0 Å². The van der Waals surface area contributed by atoms with Gasteiger partial charge in [-0.2, -0.15) is 0 Å². The maximum absolute atomic E-state index is 8.95. The van der Waals surface area contributed by atoms with Crippen LogP contribution in [0.4, 0.5) is 0 Å². The van der Waals surface area contributed by atoms with Crippen molar-refractivity contribution < 1.29 is 10.2 Å². The number of rotatable bonds is 1. The summed E-state index contributed by atoms with van der Waals surface area (Å²) in [5, 5.41) is 17.8. The minimum atomic E-state index is -0.449. The zero-order valence-corrected chi connectivity index (χ0v) is 5.33. The first-order chi connectivity index (χ1) is 4.20. The van der Waals surface area contributed by atoms with Crippen LogP contribution >= 0.6 is 0 Å². The number of hydrogen-bond acceptors (Lipinski definition) is 2. The van der Waals surface area contributed by atoms with E-state index < -0.39 is 6.10 Å². The van der Waals surface area contributed by atoms with Crippen molar-refractivity contribution in [1.29, 1.82) is 0 Å². The maximum Gasteiger partial charge on any atom is 0.0964 e. The van der Waals surface area contributed by atoms with Crippen LogP contribution in [-0.2, 0) is 0 Å². The number of allylic oxidation sites excluding steroid dienone is 1. The van der Waals surface area contributed by atoms with E-state index in [0.29, 0.717) is 12.2 Å². The molecule has 2 N–H and O–H groups in total. The molecule has 0 amide bonds. The van der Waals surface area contributed by atoms with Crippen molar-refractivity contribution in [3.8, 4) is 0 Å². The lowest BCUT2D eigenvalue weighted by molar-refractivity contribution is 0.235. The average Bonchev–Trinajstić information content (AvgIpc) is 2.14. The quantitative estimate of drug-likeness (QED) is 0.553. The van der Waals surface area contributed by atoms with E-state index in [1.165, 1.54) is 0 Å². The van der Waals surface area contributed by atoms with Crippen LogP contribution < -0.4 is 0 Å². The van der Waals surface area contributed by atoms with Gasteiger partial charge in [-0.15, -0.1) is 0 Å². The molecule has 50 valence electrons. The molecular weight excluding hydrogens is 116 g/mol. The van der Waals surface area contributed by atoms with Crippen LogP contribution in [-0.4, -0.2) is 16.3 Å². The molecule has 2 heteroatoms. The highest BCUT2D eigenvalue weighted by Gasteiger charge is 2.08. The third-order valence-electron chi connectivity index (χ3n) is 1.36. The second kappa shape index (κ2) is 2.23. The molecule has 0 aromatic rings. The molecule has 0 radical (unpaired) electrons. The molecule has 0 aromatic heterocycles. The molecule has 0 saturated heterocycles. The molecule has 0 fully saturated rings. The fourth-order valence-electron chi connectivity index (χ4n) is 0.824. The summed E-state index contributed by atoms with van der Waals surface area (Å²) in [6.45, 7) is 1.68. The van der Waals surface area contributed by atoms with Crippen molar-refractivity contribution in [2.45, 2.75) is 19.4 Å². The highest BCUT2D eigenvalue weighted by Crippen LogP contribution is 2.17. The van der Waals surface area contributed by atoms with Crippen LogP contribution in [0, 0.1) is 0 Å². The molecule has 0 saturated carbocycles. The molecular formula is C7H10O2. The van der Waals surface area contributed by atoms with Crippen LogP contribution in [0.2, 0.25) is 0 Å². The van der Waals surface area contributed by atoms with Crippen molar-refractivity contribution in [1.82, 2.24) is 0 Å². The molecule has 1 aliphatic carbocycles. The highest BCUT2D eigenvalue weighted by molar-refractivity contribution is 5.31. The lowest BCUT2D eigenvalue weighted by Crippen LogP contribution is -1.99. The van der Waals surface area contributed by atoms with E-state index in [4.69, 9.17) is 10.2 Å². The van der Waals surface area contributed by atoms with E-state index in [2.05, 4.69) is 0 Å². The molecule has 9 heavy (non-hydrogen) atoms. The van der Waals surface area contributed by atoms with Gasteiger partial charge in [0.15, 0.2) is 0 Å². The summed E-state index contributed by atoms with van der Waals surface area (Å²) in [5.74, 6) is 0.339. The van der Waals surface area contributed by atoms with Gasteiger partial charge >= 0.3 is 0 Å². The SMILES string of the molecule is CC(O)C1=CCC(O)=C1. The zero-order valence-electron chi connectivity index (χ0n) is 5.33. The van der Waals surface area contributed by atoms with Gasteiger partial charge in [-0.1, -0.05) is 6.08 Å². The monoisotopic (exact) mass is 126 g/mol. The van der Waals surface area contributed by atoms with Gasteiger partial charge in [0.1, 0.15) is 0 Å². The van der Waals surface area contributed by atoms with E-state index in [9.17, 15) is 0 Å². The van der Waals surface area contributed by atoms with Crippen LogP contribution in [0.5, 0.6) is 0 Å². The Balaban J connectivity index is 2.64. The molecule has 0 spiro atoms. The van der Waals surface area contributed by atoms with Gasteiger partial charge in [0.2, 0.25) is 0 Å². The summed E-state index contributed by atoms with van der Waals surface area (Å²) in [6.07, 6.45) is 3.54. The van der Waals surface area contributed by atoms with Crippen molar-refractivity contribution >= 4 is 0 Å². The first-order valence-corrected chi connectivity index (χ1v) is 2.98. The zero-order chi connectivity index (χ0) is 6.85. The van der Waals surface area contributed by atoms with Crippen molar-refractivity contribution in [3.63, 3.8) is 0 Å². The summed E-state index contributed by atoms with van der Waals surface area (Å²) in [7, 11) is 0. The highest BCUT2D eigenvalue weighted by atomic mass is 16.3. The first-order valence-electron chi connectivity index (χ1n) is 2.98. The topological polar surface area (TPSA) is 40.5 Å². The fourth-order valence-corrected chi connectivity index (χ4v) is 0.824. The Morgan fingerprint density at radius 2 is 2.33 bits per heavy atom. The van der Waals surface area contributed by atoms with Crippen molar-refractivity contribution in [2.24, 2.45) is 0 Å². The van der Waals surface area contributed by atoms with E-state index in [0.717, 1.165) is 5.57 Å². The average molecular weight is 126 g/mol. The lowest BCUT2D eigenvalue weighted by atomic mass is 10.2. The summed E-state index contributed by atoms with van der Waals surface area (Å²) in [5.41, 5.74) is 0.813. The molecule has 0 aromatic carbocycles. The van der Waals surface area contributed by atoms with Gasteiger partial charge in [0.05, 0.1) is 11.9 Å². The molecule has 1 atom stereocenters. The number of hydrogen-bond donors (Lipinski definition) is 2. The van der Waals surface area contributed by atoms with Gasteiger partial charge in [-0.05, 0) is 18.6 Å². The molecule has 1 aliphatic rings. The molecule has 0 aliphatic heterocycles. The lowest BCUT2D eigenvalue weighted by Gasteiger charge is -1.99. The van der Waals surface area contributed by atoms with Crippen LogP contribution in [0.15, 0.2) is 23.5 Å². The van der Waals surface area contributed by atoms with Crippen molar-refractivity contribution in [3.05, 3.63) is 23.5 Å². The second-order valence-corrected chi connectivity index (χ2v) is 2.22. The number of aliphatic hydroxyl groups excluding tert-OH is 2. The van der Waals surface area contributed by atoms with Gasteiger partial charge in [0.25, 0.3) is 0 Å². The molecule has 1 rings (SSSR count). The second-order valence-electron chi connectivity index (χ2n) is 2.22. The van der Waals surface area contributed by atoms with Crippen molar-refractivity contribution in [2.75, 3.05) is 0 Å². The molecule has 0 bridgehead atoms. The Hall–Kier alpha value is -0.760. The molecule has 0 heterocycles. The minimum Gasteiger partial charge on any atom is -0.512 e. The summed E-state index contributed by atoms with van der Waals surface area (Å²) < 4.78 is 0. The van der Waals surface area contributed by atoms with E-state index in [1.807, 2.05) is 6.08 Å². The maximum atomic E-state index is 8.95. The Kier molecular flexibility index (Phi) is 1.58. The van der Waals surface area contributed by atoms with Crippen LogP contribution in [0.1, 0.15) is 13.3 Å². The minimum absolute atomic E-state index is 0.339. The first kappa shape index (κ1) is 6.36. The van der Waals surface area contributed by atoms with E-state index in [-0.39, 0.29) is 0 Å².